The Balaban J connectivity index is 1.61. The van der Waals surface area contributed by atoms with Crippen molar-refractivity contribution in [2.45, 2.75) is 24.9 Å². The number of methoxy groups -OCH3 is 1. The summed E-state index contributed by atoms with van der Waals surface area (Å²) in [6.45, 7) is 0.799. The molecule has 2 N–H and O–H groups in total. The lowest BCUT2D eigenvalue weighted by Gasteiger charge is -2.11. The fourth-order valence-electron chi connectivity index (χ4n) is 2.73. The van der Waals surface area contributed by atoms with Gasteiger partial charge in [-0.3, -0.25) is 4.79 Å². The number of imidazole rings is 1. The number of hydrogen-bond acceptors (Lipinski definition) is 5. The fourth-order valence-corrected chi connectivity index (χ4v) is 3.76. The number of carbonyl (C=O) groups is 1. The molecule has 0 aliphatic rings. The molecule has 1 heterocycles. The molecule has 3 rings (SSSR count). The maximum absolute atomic E-state index is 12.2. The number of aliphatic hydroxyl groups is 1. The minimum Gasteiger partial charge on any atom is -0.497 e. The Labute approximate surface area is 178 Å². The van der Waals surface area contributed by atoms with Gasteiger partial charge < -0.3 is 19.7 Å². The molecule has 3 aromatic rings. The number of aliphatic hydroxyl groups excluding tert-OH is 1. The molecule has 0 aliphatic heterocycles. The molecular formula is C21H22ClN3O3S. The number of rotatable bonds is 9. The van der Waals surface area contributed by atoms with Gasteiger partial charge in [0.2, 0.25) is 5.91 Å². The van der Waals surface area contributed by atoms with E-state index in [-0.39, 0.29) is 18.3 Å². The average molecular weight is 432 g/mol. The van der Waals surface area contributed by atoms with Crippen molar-refractivity contribution in [3.8, 4) is 5.75 Å². The Bertz CT molecular complexity index is 960. The van der Waals surface area contributed by atoms with Crippen LogP contribution in [0, 0.1) is 0 Å². The highest BCUT2D eigenvalue weighted by molar-refractivity contribution is 7.99. The largest absolute Gasteiger partial charge is 0.497 e. The van der Waals surface area contributed by atoms with E-state index in [1.807, 2.05) is 47.0 Å². The molecule has 0 radical (unpaired) electrons. The number of thioether (sulfide) groups is 1. The van der Waals surface area contributed by atoms with Gasteiger partial charge in [0.05, 0.1) is 31.4 Å². The summed E-state index contributed by atoms with van der Waals surface area (Å²) in [5.41, 5.74) is 2.61. The van der Waals surface area contributed by atoms with Gasteiger partial charge in [0.15, 0.2) is 5.16 Å². The zero-order chi connectivity index (χ0) is 20.6. The number of nitrogens with zero attached hydrogens (tertiary/aromatic N) is 2. The summed E-state index contributed by atoms with van der Waals surface area (Å²) in [4.78, 5) is 16.6. The lowest BCUT2D eigenvalue weighted by Crippen LogP contribution is -2.25. The van der Waals surface area contributed by atoms with Gasteiger partial charge in [-0.15, -0.1) is 0 Å². The maximum Gasteiger partial charge on any atom is 0.230 e. The van der Waals surface area contributed by atoms with Crippen molar-refractivity contribution in [2.75, 3.05) is 12.9 Å². The highest BCUT2D eigenvalue weighted by Crippen LogP contribution is 2.21. The van der Waals surface area contributed by atoms with Crippen molar-refractivity contribution in [3.05, 3.63) is 76.6 Å². The fraction of sp³-hybridized carbons (Fsp3) is 0.238. The van der Waals surface area contributed by atoms with E-state index in [9.17, 15) is 9.90 Å². The molecule has 0 aliphatic carbocycles. The molecule has 0 saturated carbocycles. The van der Waals surface area contributed by atoms with E-state index < -0.39 is 0 Å². The van der Waals surface area contributed by atoms with Crippen LogP contribution in [0.1, 0.15) is 16.8 Å². The van der Waals surface area contributed by atoms with E-state index in [1.54, 1.807) is 19.4 Å². The Morgan fingerprint density at radius 3 is 2.69 bits per heavy atom. The molecule has 0 fully saturated rings. The Kier molecular flexibility index (Phi) is 7.57. The van der Waals surface area contributed by atoms with Crippen LogP contribution in [0.25, 0.3) is 0 Å². The zero-order valence-corrected chi connectivity index (χ0v) is 17.5. The topological polar surface area (TPSA) is 76.4 Å². The van der Waals surface area contributed by atoms with E-state index >= 15 is 0 Å². The van der Waals surface area contributed by atoms with Crippen LogP contribution in [0.4, 0.5) is 0 Å². The summed E-state index contributed by atoms with van der Waals surface area (Å²) in [6.07, 6.45) is 1.63. The van der Waals surface area contributed by atoms with Crippen LogP contribution >= 0.6 is 23.4 Å². The molecule has 0 spiro atoms. The first-order chi connectivity index (χ1) is 14.1. The lowest BCUT2D eigenvalue weighted by atomic mass is 10.2. The van der Waals surface area contributed by atoms with Gasteiger partial charge in [-0.1, -0.05) is 53.7 Å². The van der Waals surface area contributed by atoms with Crippen molar-refractivity contribution in [3.63, 3.8) is 0 Å². The maximum atomic E-state index is 12.2. The molecular weight excluding hydrogens is 410 g/mol. The SMILES string of the molecule is COc1ccc(Cn2c(CO)cnc2SCC(=O)NCc2ccccc2Cl)cc1. The van der Waals surface area contributed by atoms with Crippen LogP contribution in [0.5, 0.6) is 5.75 Å². The molecule has 152 valence electrons. The van der Waals surface area contributed by atoms with E-state index in [0.29, 0.717) is 29.0 Å². The van der Waals surface area contributed by atoms with E-state index in [0.717, 1.165) is 16.9 Å². The number of ether oxygens (including phenoxy) is 1. The van der Waals surface area contributed by atoms with Gasteiger partial charge in [-0.2, -0.15) is 0 Å². The average Bonchev–Trinajstić information content (AvgIpc) is 3.13. The monoisotopic (exact) mass is 431 g/mol. The van der Waals surface area contributed by atoms with Gasteiger partial charge in [0.25, 0.3) is 0 Å². The van der Waals surface area contributed by atoms with Crippen LogP contribution in [0.3, 0.4) is 0 Å². The quantitative estimate of drug-likeness (QED) is 0.507. The number of benzene rings is 2. The third-order valence-corrected chi connectivity index (χ3v) is 5.69. The molecule has 8 heteroatoms. The van der Waals surface area contributed by atoms with Crippen LogP contribution in [-0.4, -0.2) is 33.4 Å². The van der Waals surface area contributed by atoms with E-state index in [4.69, 9.17) is 16.3 Å². The summed E-state index contributed by atoms with van der Waals surface area (Å²) in [5, 5.41) is 13.8. The third kappa shape index (κ3) is 5.76. The second kappa shape index (κ2) is 10.3. The molecule has 1 amide bonds. The lowest BCUT2D eigenvalue weighted by molar-refractivity contribution is -0.118. The number of amides is 1. The number of carbonyl (C=O) groups excluding carboxylic acids is 1. The minimum absolute atomic E-state index is 0.112. The highest BCUT2D eigenvalue weighted by atomic mass is 35.5. The van der Waals surface area contributed by atoms with Gasteiger partial charge in [0, 0.05) is 18.1 Å². The van der Waals surface area contributed by atoms with Crippen LogP contribution in [0.2, 0.25) is 5.02 Å². The summed E-state index contributed by atoms with van der Waals surface area (Å²) in [6, 6.07) is 15.1. The minimum atomic E-state index is -0.123. The Morgan fingerprint density at radius 1 is 1.24 bits per heavy atom. The predicted molar refractivity (Wildman–Crippen MR) is 114 cm³/mol. The highest BCUT2D eigenvalue weighted by Gasteiger charge is 2.13. The first-order valence-corrected chi connectivity index (χ1v) is 10.4. The van der Waals surface area contributed by atoms with E-state index in [1.165, 1.54) is 11.8 Å². The number of halogens is 1. The van der Waals surface area contributed by atoms with Crippen molar-refractivity contribution < 1.29 is 14.6 Å². The first-order valence-electron chi connectivity index (χ1n) is 9.01. The molecule has 0 unspecified atom stereocenters. The van der Waals surface area contributed by atoms with Gasteiger partial charge in [-0.05, 0) is 29.3 Å². The summed E-state index contributed by atoms with van der Waals surface area (Å²) < 4.78 is 7.09. The van der Waals surface area contributed by atoms with Crippen LogP contribution in [-0.2, 0) is 24.5 Å². The second-order valence-corrected chi connectivity index (χ2v) is 7.63. The number of hydrogen-bond donors (Lipinski definition) is 2. The van der Waals surface area contributed by atoms with Gasteiger partial charge in [-0.25, -0.2) is 4.98 Å². The number of aromatic nitrogens is 2. The van der Waals surface area contributed by atoms with Crippen molar-refractivity contribution in [1.82, 2.24) is 14.9 Å². The second-order valence-electron chi connectivity index (χ2n) is 6.28. The molecule has 29 heavy (non-hydrogen) atoms. The first kappa shape index (κ1) is 21.2. The molecule has 0 atom stereocenters. The molecule has 6 nitrogen and oxygen atoms in total. The molecule has 0 bridgehead atoms. The summed E-state index contributed by atoms with van der Waals surface area (Å²) in [7, 11) is 1.63. The Hall–Kier alpha value is -2.48. The molecule has 1 aromatic heterocycles. The van der Waals surface area contributed by atoms with Gasteiger partial charge in [0.1, 0.15) is 5.75 Å². The molecule has 0 saturated heterocycles. The normalized spacial score (nSPS) is 10.7. The van der Waals surface area contributed by atoms with Crippen molar-refractivity contribution in [1.29, 1.82) is 0 Å². The standard InChI is InChI=1S/C21H22ClN3O3S/c1-28-18-8-6-15(7-9-18)12-25-17(13-26)11-24-21(25)29-14-20(27)23-10-16-4-2-3-5-19(16)22/h2-9,11,26H,10,12-14H2,1H3,(H,23,27). The smallest absolute Gasteiger partial charge is 0.230 e. The summed E-state index contributed by atoms with van der Waals surface area (Å²) in [5.74, 6) is 0.889. The van der Waals surface area contributed by atoms with E-state index in [2.05, 4.69) is 10.3 Å². The summed E-state index contributed by atoms with van der Waals surface area (Å²) >= 11 is 7.44. The number of nitrogens with one attached hydrogen (secondary N) is 1. The van der Waals surface area contributed by atoms with Gasteiger partial charge >= 0.3 is 0 Å². The molecule has 2 aromatic carbocycles. The van der Waals surface area contributed by atoms with Crippen LogP contribution in [0.15, 0.2) is 59.9 Å². The van der Waals surface area contributed by atoms with Crippen molar-refractivity contribution in [2.24, 2.45) is 0 Å². The third-order valence-electron chi connectivity index (χ3n) is 4.33. The van der Waals surface area contributed by atoms with Crippen molar-refractivity contribution >= 4 is 29.3 Å². The van der Waals surface area contributed by atoms with Crippen LogP contribution < -0.4 is 10.1 Å². The predicted octanol–water partition coefficient (Wildman–Crippen LogP) is 3.49. The zero-order valence-electron chi connectivity index (χ0n) is 16.0. The Morgan fingerprint density at radius 2 is 2.00 bits per heavy atom.